The van der Waals surface area contributed by atoms with Gasteiger partial charge in [-0.05, 0) is 18.2 Å². The Morgan fingerprint density at radius 2 is 2.24 bits per heavy atom. The van der Waals surface area contributed by atoms with Crippen molar-refractivity contribution in [2.24, 2.45) is 0 Å². The topological polar surface area (TPSA) is 78.9 Å². The maximum atomic E-state index is 13.6. The lowest BCUT2D eigenvalue weighted by atomic mass is 10.2. The molecule has 114 valence electrons. The lowest BCUT2D eigenvalue weighted by Crippen LogP contribution is -2.43. The van der Waals surface area contributed by atoms with Gasteiger partial charge in [-0.1, -0.05) is 11.6 Å². The molecule has 0 radical (unpaired) electrons. The second kappa shape index (κ2) is 6.28. The standard InChI is InChI=1S/C13H14ClFN2O4/c1-21-8-5-11(12(18)19)17(6-8)13(20)16-10-4-7(14)2-3-9(10)15/h2-4,8,11H,5-6H2,1H3,(H,16,20)(H,18,19). The molecule has 1 aliphatic heterocycles. The van der Waals surface area contributed by atoms with Gasteiger partial charge in [0.15, 0.2) is 0 Å². The first kappa shape index (κ1) is 15.5. The van der Waals surface area contributed by atoms with E-state index in [1.165, 1.54) is 19.2 Å². The monoisotopic (exact) mass is 316 g/mol. The summed E-state index contributed by atoms with van der Waals surface area (Å²) in [6, 6.07) is 2.02. The molecule has 2 atom stereocenters. The van der Waals surface area contributed by atoms with Gasteiger partial charge in [0.25, 0.3) is 0 Å². The number of carbonyl (C=O) groups excluding carboxylic acids is 1. The first-order valence-corrected chi connectivity index (χ1v) is 6.58. The number of urea groups is 1. The van der Waals surface area contributed by atoms with Crippen LogP contribution in [-0.4, -0.2) is 47.8 Å². The molecule has 2 rings (SSSR count). The van der Waals surface area contributed by atoms with Gasteiger partial charge in [-0.3, -0.25) is 0 Å². The minimum absolute atomic E-state index is 0.0995. The fourth-order valence-electron chi connectivity index (χ4n) is 2.21. The van der Waals surface area contributed by atoms with E-state index in [0.29, 0.717) is 0 Å². The number of anilines is 1. The molecule has 2 unspecified atom stereocenters. The number of nitrogens with one attached hydrogen (secondary N) is 1. The number of aliphatic carboxylic acids is 1. The Balaban J connectivity index is 2.15. The number of hydrogen-bond acceptors (Lipinski definition) is 3. The molecular weight excluding hydrogens is 303 g/mol. The second-order valence-electron chi connectivity index (χ2n) is 4.65. The Morgan fingerprint density at radius 1 is 1.52 bits per heavy atom. The smallest absolute Gasteiger partial charge is 0.326 e. The highest BCUT2D eigenvalue weighted by atomic mass is 35.5. The molecule has 2 amide bonds. The average Bonchev–Trinajstić information content (AvgIpc) is 2.87. The van der Waals surface area contributed by atoms with Gasteiger partial charge in [0.05, 0.1) is 11.8 Å². The fourth-order valence-corrected chi connectivity index (χ4v) is 2.38. The van der Waals surface area contributed by atoms with Crippen molar-refractivity contribution >= 4 is 29.3 Å². The van der Waals surface area contributed by atoms with Crippen molar-refractivity contribution in [2.45, 2.75) is 18.6 Å². The van der Waals surface area contributed by atoms with Crippen LogP contribution in [0, 0.1) is 5.82 Å². The van der Waals surface area contributed by atoms with Crippen LogP contribution in [0.5, 0.6) is 0 Å². The highest BCUT2D eigenvalue weighted by molar-refractivity contribution is 6.30. The first-order valence-electron chi connectivity index (χ1n) is 6.20. The minimum atomic E-state index is -1.13. The number of amides is 2. The molecule has 1 aromatic rings. The predicted molar refractivity (Wildman–Crippen MR) is 74.0 cm³/mol. The molecule has 21 heavy (non-hydrogen) atoms. The van der Waals surface area contributed by atoms with E-state index in [4.69, 9.17) is 21.4 Å². The van der Waals surface area contributed by atoms with Crippen LogP contribution in [-0.2, 0) is 9.53 Å². The summed E-state index contributed by atoms with van der Waals surface area (Å²) < 4.78 is 18.7. The molecule has 1 fully saturated rings. The van der Waals surface area contributed by atoms with E-state index in [1.54, 1.807) is 0 Å². The molecule has 0 bridgehead atoms. The van der Waals surface area contributed by atoms with Crippen molar-refractivity contribution in [3.63, 3.8) is 0 Å². The van der Waals surface area contributed by atoms with Gasteiger partial charge in [-0.25, -0.2) is 14.0 Å². The number of halogens is 2. The van der Waals surface area contributed by atoms with Crippen LogP contribution in [0.15, 0.2) is 18.2 Å². The maximum Gasteiger partial charge on any atom is 0.326 e. The Kier molecular flexibility index (Phi) is 4.64. The summed E-state index contributed by atoms with van der Waals surface area (Å²) in [4.78, 5) is 24.4. The summed E-state index contributed by atoms with van der Waals surface area (Å²) in [5.74, 6) is -1.78. The molecule has 1 aliphatic rings. The van der Waals surface area contributed by atoms with E-state index < -0.39 is 23.9 Å². The third kappa shape index (κ3) is 3.43. The van der Waals surface area contributed by atoms with E-state index in [1.807, 2.05) is 0 Å². The lowest BCUT2D eigenvalue weighted by Gasteiger charge is -2.21. The van der Waals surface area contributed by atoms with E-state index in [-0.39, 0.29) is 29.8 Å². The van der Waals surface area contributed by atoms with Crippen molar-refractivity contribution in [2.75, 3.05) is 19.0 Å². The number of benzene rings is 1. The van der Waals surface area contributed by atoms with Crippen molar-refractivity contribution in [1.29, 1.82) is 0 Å². The van der Waals surface area contributed by atoms with Crippen LogP contribution >= 0.6 is 11.6 Å². The summed E-state index contributed by atoms with van der Waals surface area (Å²) >= 11 is 5.74. The SMILES string of the molecule is COC1CC(C(=O)O)N(C(=O)Nc2cc(Cl)ccc2F)C1. The molecule has 1 saturated heterocycles. The van der Waals surface area contributed by atoms with E-state index >= 15 is 0 Å². The van der Waals surface area contributed by atoms with E-state index in [0.717, 1.165) is 11.0 Å². The highest BCUT2D eigenvalue weighted by Gasteiger charge is 2.40. The second-order valence-corrected chi connectivity index (χ2v) is 5.09. The molecule has 8 heteroatoms. The van der Waals surface area contributed by atoms with Gasteiger partial charge in [0.2, 0.25) is 0 Å². The number of carbonyl (C=O) groups is 2. The van der Waals surface area contributed by atoms with Crippen molar-refractivity contribution in [3.05, 3.63) is 29.0 Å². The fraction of sp³-hybridized carbons (Fsp3) is 0.385. The zero-order valence-corrected chi connectivity index (χ0v) is 11.9. The molecule has 2 N–H and O–H groups in total. The number of likely N-dealkylation sites (tertiary alicyclic amines) is 1. The summed E-state index contributed by atoms with van der Waals surface area (Å²) in [7, 11) is 1.45. The van der Waals surface area contributed by atoms with Crippen LogP contribution in [0.3, 0.4) is 0 Å². The normalized spacial score (nSPS) is 21.4. The number of ether oxygens (including phenoxy) is 1. The summed E-state index contributed by atoms with van der Waals surface area (Å²) in [6.45, 7) is 0.126. The Morgan fingerprint density at radius 3 is 2.86 bits per heavy atom. The van der Waals surface area contributed by atoms with Crippen molar-refractivity contribution in [1.82, 2.24) is 4.90 Å². The van der Waals surface area contributed by atoms with Gasteiger partial charge in [0.1, 0.15) is 11.9 Å². The Hall–Kier alpha value is -1.86. The van der Waals surface area contributed by atoms with Gasteiger partial charge in [-0.15, -0.1) is 0 Å². The summed E-state index contributed by atoms with van der Waals surface area (Å²) in [5.41, 5.74) is -0.0995. The van der Waals surface area contributed by atoms with E-state index in [2.05, 4.69) is 5.32 Å². The van der Waals surface area contributed by atoms with Crippen molar-refractivity contribution in [3.8, 4) is 0 Å². The average molecular weight is 317 g/mol. The Labute approximate surface area is 125 Å². The van der Waals surface area contributed by atoms with Gasteiger partial charge < -0.3 is 20.1 Å². The number of carboxylic acid groups (broad SMARTS) is 1. The highest BCUT2D eigenvalue weighted by Crippen LogP contribution is 2.24. The lowest BCUT2D eigenvalue weighted by molar-refractivity contribution is -0.141. The quantitative estimate of drug-likeness (QED) is 0.896. The number of nitrogens with zero attached hydrogens (tertiary/aromatic N) is 1. The van der Waals surface area contributed by atoms with Crippen LogP contribution in [0.25, 0.3) is 0 Å². The van der Waals surface area contributed by atoms with Crippen LogP contribution in [0.1, 0.15) is 6.42 Å². The third-order valence-electron chi connectivity index (χ3n) is 3.31. The van der Waals surface area contributed by atoms with Crippen LogP contribution in [0.4, 0.5) is 14.9 Å². The third-order valence-corrected chi connectivity index (χ3v) is 3.55. The minimum Gasteiger partial charge on any atom is -0.480 e. The van der Waals surface area contributed by atoms with Gasteiger partial charge in [-0.2, -0.15) is 0 Å². The summed E-state index contributed by atoms with van der Waals surface area (Å²) in [6.07, 6.45) is -0.168. The molecular formula is C13H14ClFN2O4. The molecule has 1 heterocycles. The molecule has 0 saturated carbocycles. The molecule has 6 nitrogen and oxygen atoms in total. The zero-order chi connectivity index (χ0) is 15.6. The van der Waals surface area contributed by atoms with E-state index in [9.17, 15) is 14.0 Å². The summed E-state index contributed by atoms with van der Waals surface area (Å²) in [5, 5.41) is 11.7. The van der Waals surface area contributed by atoms with Gasteiger partial charge >= 0.3 is 12.0 Å². The molecule has 0 spiro atoms. The van der Waals surface area contributed by atoms with Crippen LogP contribution < -0.4 is 5.32 Å². The number of methoxy groups -OCH3 is 1. The number of rotatable bonds is 3. The number of carboxylic acids is 1. The van der Waals surface area contributed by atoms with Crippen molar-refractivity contribution < 1.29 is 23.8 Å². The molecule has 1 aromatic carbocycles. The first-order chi connectivity index (χ1) is 9.92. The molecule has 0 aromatic heterocycles. The zero-order valence-electron chi connectivity index (χ0n) is 11.2. The Bertz CT molecular complexity index is 569. The number of hydrogen-bond donors (Lipinski definition) is 2. The molecule has 0 aliphatic carbocycles. The predicted octanol–water partition coefficient (Wildman–Crippen LogP) is 2.18. The van der Waals surface area contributed by atoms with Crippen LogP contribution in [0.2, 0.25) is 5.02 Å². The van der Waals surface area contributed by atoms with Gasteiger partial charge in [0, 0.05) is 25.1 Å². The maximum absolute atomic E-state index is 13.6. The largest absolute Gasteiger partial charge is 0.480 e.